The second-order valence-electron chi connectivity index (χ2n) is 3.06. The lowest BCUT2D eigenvalue weighted by Crippen LogP contribution is -2.06. The van der Waals surface area contributed by atoms with E-state index in [1.807, 2.05) is 12.1 Å². The van der Waals surface area contributed by atoms with E-state index in [1.165, 1.54) is 0 Å². The summed E-state index contributed by atoms with van der Waals surface area (Å²) < 4.78 is 5.03. The van der Waals surface area contributed by atoms with E-state index in [9.17, 15) is 4.79 Å². The molecule has 0 aromatic heterocycles. The van der Waals surface area contributed by atoms with Gasteiger partial charge in [0.15, 0.2) is 5.78 Å². The molecule has 1 aliphatic rings. The molecule has 1 aromatic carbocycles. The van der Waals surface area contributed by atoms with Crippen LogP contribution in [0.3, 0.4) is 0 Å². The van der Waals surface area contributed by atoms with Gasteiger partial charge in [-0.15, -0.1) is 11.6 Å². The number of ether oxygens (including phenoxy) is 1. The fourth-order valence-corrected chi connectivity index (χ4v) is 1.83. The maximum absolute atomic E-state index is 11.5. The minimum Gasteiger partial charge on any atom is -0.497 e. The molecule has 0 N–H and O–H groups in total. The van der Waals surface area contributed by atoms with Gasteiger partial charge in [0.25, 0.3) is 0 Å². The molecule has 2 nitrogen and oxygen atoms in total. The molecule has 68 valence electrons. The molecule has 0 radical (unpaired) electrons. The minimum absolute atomic E-state index is 0.00978. The average Bonchev–Trinajstić information content (AvgIpc) is 2.43. The second-order valence-corrected chi connectivity index (χ2v) is 3.59. The number of ketones is 1. The molecule has 0 amide bonds. The first-order valence-electron chi connectivity index (χ1n) is 4.07. The third-order valence-corrected chi connectivity index (χ3v) is 2.62. The quantitative estimate of drug-likeness (QED) is 0.643. The van der Waals surface area contributed by atoms with Crippen molar-refractivity contribution in [2.75, 3.05) is 7.11 Å². The molecule has 0 saturated carbocycles. The Morgan fingerprint density at radius 1 is 1.54 bits per heavy atom. The Kier molecular flexibility index (Phi) is 2.00. The van der Waals surface area contributed by atoms with Crippen molar-refractivity contribution in [3.63, 3.8) is 0 Å². The molecule has 0 saturated heterocycles. The van der Waals surface area contributed by atoms with Crippen molar-refractivity contribution in [2.45, 2.75) is 11.8 Å². The summed E-state index contributed by atoms with van der Waals surface area (Å²) >= 11 is 5.83. The highest BCUT2D eigenvalue weighted by Crippen LogP contribution is 2.28. The molecule has 0 fully saturated rings. The molecule has 13 heavy (non-hydrogen) atoms. The van der Waals surface area contributed by atoms with E-state index in [0.717, 1.165) is 5.56 Å². The predicted octanol–water partition coefficient (Wildman–Crippen LogP) is 2.04. The van der Waals surface area contributed by atoms with E-state index >= 15 is 0 Å². The summed E-state index contributed by atoms with van der Waals surface area (Å²) in [6.07, 6.45) is 0.639. The van der Waals surface area contributed by atoms with E-state index in [-0.39, 0.29) is 11.2 Å². The van der Waals surface area contributed by atoms with Crippen molar-refractivity contribution in [2.24, 2.45) is 0 Å². The van der Waals surface area contributed by atoms with Gasteiger partial charge in [0, 0.05) is 5.56 Å². The first-order chi connectivity index (χ1) is 6.22. The van der Waals surface area contributed by atoms with Gasteiger partial charge < -0.3 is 4.74 Å². The van der Waals surface area contributed by atoms with Crippen LogP contribution >= 0.6 is 11.6 Å². The molecule has 1 unspecified atom stereocenters. The van der Waals surface area contributed by atoms with Crippen LogP contribution in [-0.2, 0) is 6.42 Å². The van der Waals surface area contributed by atoms with Crippen LogP contribution in [0.1, 0.15) is 15.9 Å². The topological polar surface area (TPSA) is 26.3 Å². The number of Topliss-reactive ketones (excluding diaryl/α,β-unsaturated/α-hetero) is 1. The molecule has 1 aliphatic carbocycles. The molecule has 2 rings (SSSR count). The Bertz CT molecular complexity index is 360. The highest BCUT2D eigenvalue weighted by Gasteiger charge is 2.28. The maximum atomic E-state index is 11.5. The summed E-state index contributed by atoms with van der Waals surface area (Å²) in [5.74, 6) is 0.716. The predicted molar refractivity (Wildman–Crippen MR) is 50.7 cm³/mol. The summed E-state index contributed by atoms with van der Waals surface area (Å²) in [5, 5.41) is -0.387. The van der Waals surface area contributed by atoms with E-state index in [2.05, 4.69) is 0 Å². The van der Waals surface area contributed by atoms with E-state index in [4.69, 9.17) is 16.3 Å². The highest BCUT2D eigenvalue weighted by atomic mass is 35.5. The Morgan fingerprint density at radius 2 is 2.31 bits per heavy atom. The average molecular weight is 197 g/mol. The van der Waals surface area contributed by atoms with Gasteiger partial charge in [-0.2, -0.15) is 0 Å². The fraction of sp³-hybridized carbons (Fsp3) is 0.300. The summed E-state index contributed by atoms with van der Waals surface area (Å²) in [5.41, 5.74) is 1.73. The van der Waals surface area contributed by atoms with Gasteiger partial charge >= 0.3 is 0 Å². The number of carbonyl (C=O) groups excluding carboxylic acids is 1. The van der Waals surface area contributed by atoms with Crippen LogP contribution in [-0.4, -0.2) is 18.3 Å². The SMILES string of the molecule is COc1ccc2c(c1)C(=O)C(Cl)C2. The molecule has 0 spiro atoms. The summed E-state index contributed by atoms with van der Waals surface area (Å²) in [6.45, 7) is 0. The lowest BCUT2D eigenvalue weighted by molar-refractivity contribution is 0.0998. The molecule has 3 heteroatoms. The van der Waals surface area contributed by atoms with Crippen molar-refractivity contribution in [1.82, 2.24) is 0 Å². The van der Waals surface area contributed by atoms with Gasteiger partial charge in [-0.25, -0.2) is 0 Å². The van der Waals surface area contributed by atoms with Crippen molar-refractivity contribution < 1.29 is 9.53 Å². The molecular formula is C10H9ClO2. The van der Waals surface area contributed by atoms with Crippen LogP contribution in [0.2, 0.25) is 0 Å². The first kappa shape index (κ1) is 8.57. The molecule has 1 aromatic rings. The number of hydrogen-bond acceptors (Lipinski definition) is 2. The van der Waals surface area contributed by atoms with Gasteiger partial charge in [-0.1, -0.05) is 6.07 Å². The Hall–Kier alpha value is -1.02. The smallest absolute Gasteiger partial charge is 0.181 e. The highest BCUT2D eigenvalue weighted by molar-refractivity contribution is 6.35. The number of carbonyl (C=O) groups is 1. The second kappa shape index (κ2) is 3.04. The zero-order valence-electron chi connectivity index (χ0n) is 7.21. The van der Waals surface area contributed by atoms with Gasteiger partial charge in [0.2, 0.25) is 0 Å². The van der Waals surface area contributed by atoms with Crippen LogP contribution in [0.25, 0.3) is 0 Å². The van der Waals surface area contributed by atoms with Crippen molar-refractivity contribution in [1.29, 1.82) is 0 Å². The van der Waals surface area contributed by atoms with Crippen LogP contribution in [0.4, 0.5) is 0 Å². The summed E-state index contributed by atoms with van der Waals surface area (Å²) in [4.78, 5) is 11.5. The van der Waals surface area contributed by atoms with E-state index in [0.29, 0.717) is 17.7 Å². The minimum atomic E-state index is -0.387. The number of fused-ring (bicyclic) bond motifs is 1. The summed E-state index contributed by atoms with van der Waals surface area (Å²) in [7, 11) is 1.58. The molecule has 0 heterocycles. The Morgan fingerprint density at radius 3 is 3.00 bits per heavy atom. The maximum Gasteiger partial charge on any atom is 0.181 e. The third kappa shape index (κ3) is 1.31. The van der Waals surface area contributed by atoms with E-state index in [1.54, 1.807) is 13.2 Å². The van der Waals surface area contributed by atoms with Gasteiger partial charge in [-0.05, 0) is 24.1 Å². The van der Waals surface area contributed by atoms with Gasteiger partial charge in [0.1, 0.15) is 11.1 Å². The Labute approximate surface area is 81.5 Å². The zero-order chi connectivity index (χ0) is 9.42. The monoisotopic (exact) mass is 196 g/mol. The van der Waals surface area contributed by atoms with Gasteiger partial charge in [0.05, 0.1) is 7.11 Å². The number of halogens is 1. The van der Waals surface area contributed by atoms with Crippen molar-refractivity contribution >= 4 is 17.4 Å². The number of hydrogen-bond donors (Lipinski definition) is 0. The normalized spacial score (nSPS) is 20.2. The van der Waals surface area contributed by atoms with Crippen LogP contribution < -0.4 is 4.74 Å². The molecule has 0 bridgehead atoms. The number of rotatable bonds is 1. The standard InChI is InChI=1S/C10H9ClO2/c1-13-7-3-2-6-4-9(11)10(12)8(6)5-7/h2-3,5,9H,4H2,1H3. The lowest BCUT2D eigenvalue weighted by atomic mass is 10.1. The van der Waals surface area contributed by atoms with Crippen LogP contribution in [0.5, 0.6) is 5.75 Å². The molecular weight excluding hydrogens is 188 g/mol. The third-order valence-electron chi connectivity index (χ3n) is 2.27. The lowest BCUT2D eigenvalue weighted by Gasteiger charge is -2.01. The molecule has 0 aliphatic heterocycles. The zero-order valence-corrected chi connectivity index (χ0v) is 7.97. The summed E-state index contributed by atoms with van der Waals surface area (Å²) in [6, 6.07) is 5.50. The Balaban J connectivity index is 2.48. The van der Waals surface area contributed by atoms with Crippen LogP contribution in [0.15, 0.2) is 18.2 Å². The fourth-order valence-electron chi connectivity index (χ4n) is 1.54. The first-order valence-corrected chi connectivity index (χ1v) is 4.51. The number of methoxy groups -OCH3 is 1. The van der Waals surface area contributed by atoms with Crippen LogP contribution in [0, 0.1) is 0 Å². The number of benzene rings is 1. The largest absolute Gasteiger partial charge is 0.497 e. The van der Waals surface area contributed by atoms with Gasteiger partial charge in [-0.3, -0.25) is 4.79 Å². The number of alkyl halides is 1. The van der Waals surface area contributed by atoms with Crippen molar-refractivity contribution in [3.8, 4) is 5.75 Å². The van der Waals surface area contributed by atoms with E-state index < -0.39 is 0 Å². The van der Waals surface area contributed by atoms with Crippen molar-refractivity contribution in [3.05, 3.63) is 29.3 Å². The molecule has 1 atom stereocenters.